The SMILES string of the molecule is COc1ccc(/C=C(\C#N)C(=O)NCc2ccco2)cc1I. The molecule has 0 saturated carbocycles. The molecule has 0 atom stereocenters. The number of carbonyl (C=O) groups is 1. The number of ether oxygens (including phenoxy) is 1. The molecule has 0 fully saturated rings. The molecule has 1 amide bonds. The standard InChI is InChI=1S/C16H13IN2O3/c1-21-15-5-4-11(8-14(15)17)7-12(9-18)16(20)19-10-13-3-2-6-22-13/h2-8H,10H2,1H3,(H,19,20)/b12-7+. The number of benzene rings is 1. The third-order valence-corrected chi connectivity index (χ3v) is 3.70. The second-order valence-electron chi connectivity index (χ2n) is 4.33. The molecule has 6 heteroatoms. The number of methoxy groups -OCH3 is 1. The van der Waals surface area contributed by atoms with Gasteiger partial charge in [-0.05, 0) is 58.5 Å². The molecule has 0 radical (unpaired) electrons. The van der Waals surface area contributed by atoms with Gasteiger partial charge in [0, 0.05) is 0 Å². The molecule has 0 saturated heterocycles. The number of rotatable bonds is 5. The zero-order valence-electron chi connectivity index (χ0n) is 11.8. The average molecular weight is 408 g/mol. The number of amides is 1. The number of hydrogen-bond acceptors (Lipinski definition) is 4. The summed E-state index contributed by atoms with van der Waals surface area (Å²) in [4.78, 5) is 12.0. The molecular formula is C16H13IN2O3. The minimum atomic E-state index is -0.440. The van der Waals surface area contributed by atoms with Crippen LogP contribution in [0.25, 0.3) is 6.08 Å². The highest BCUT2D eigenvalue weighted by Crippen LogP contribution is 2.22. The summed E-state index contributed by atoms with van der Waals surface area (Å²) in [6.45, 7) is 0.241. The maximum atomic E-state index is 12.0. The number of nitrogens with one attached hydrogen (secondary N) is 1. The van der Waals surface area contributed by atoms with Crippen LogP contribution in [0.3, 0.4) is 0 Å². The van der Waals surface area contributed by atoms with E-state index in [1.54, 1.807) is 37.5 Å². The van der Waals surface area contributed by atoms with Gasteiger partial charge in [0.2, 0.25) is 0 Å². The van der Waals surface area contributed by atoms with E-state index in [4.69, 9.17) is 14.4 Å². The second-order valence-corrected chi connectivity index (χ2v) is 5.49. The zero-order chi connectivity index (χ0) is 15.9. The van der Waals surface area contributed by atoms with E-state index in [2.05, 4.69) is 27.9 Å². The van der Waals surface area contributed by atoms with Crippen molar-refractivity contribution in [3.63, 3.8) is 0 Å². The summed E-state index contributed by atoms with van der Waals surface area (Å²) in [5.41, 5.74) is 0.794. The van der Waals surface area contributed by atoms with Crippen LogP contribution < -0.4 is 10.1 Å². The molecule has 2 aromatic rings. The van der Waals surface area contributed by atoms with E-state index < -0.39 is 5.91 Å². The van der Waals surface area contributed by atoms with E-state index in [1.165, 1.54) is 6.26 Å². The predicted molar refractivity (Wildman–Crippen MR) is 89.9 cm³/mol. The number of nitrogens with zero attached hydrogens (tertiary/aromatic N) is 1. The molecule has 5 nitrogen and oxygen atoms in total. The zero-order valence-corrected chi connectivity index (χ0v) is 14.0. The van der Waals surface area contributed by atoms with Crippen molar-refractivity contribution < 1.29 is 13.9 Å². The minimum Gasteiger partial charge on any atom is -0.496 e. The Kier molecular flexibility index (Phi) is 5.61. The lowest BCUT2D eigenvalue weighted by Gasteiger charge is -2.05. The first-order valence-electron chi connectivity index (χ1n) is 6.40. The third-order valence-electron chi connectivity index (χ3n) is 2.86. The predicted octanol–water partition coefficient (Wildman–Crippen LogP) is 3.12. The van der Waals surface area contributed by atoms with Gasteiger partial charge in [0.05, 0.1) is 23.5 Å². The van der Waals surface area contributed by atoms with Crippen LogP contribution in [0.1, 0.15) is 11.3 Å². The van der Waals surface area contributed by atoms with Crippen LogP contribution in [0, 0.1) is 14.9 Å². The van der Waals surface area contributed by atoms with Gasteiger partial charge in [-0.15, -0.1) is 0 Å². The average Bonchev–Trinajstić information content (AvgIpc) is 3.04. The quantitative estimate of drug-likeness (QED) is 0.469. The highest BCUT2D eigenvalue weighted by atomic mass is 127. The molecule has 0 aliphatic rings. The molecule has 0 aliphatic carbocycles. The first-order chi connectivity index (χ1) is 10.6. The van der Waals surface area contributed by atoms with Gasteiger partial charge < -0.3 is 14.5 Å². The highest BCUT2D eigenvalue weighted by molar-refractivity contribution is 14.1. The molecule has 0 unspecified atom stereocenters. The first-order valence-corrected chi connectivity index (χ1v) is 7.48. The lowest BCUT2D eigenvalue weighted by atomic mass is 10.1. The molecule has 0 bridgehead atoms. The van der Waals surface area contributed by atoms with Crippen LogP contribution >= 0.6 is 22.6 Å². The minimum absolute atomic E-state index is 0.0347. The van der Waals surface area contributed by atoms with Crippen LogP contribution in [-0.4, -0.2) is 13.0 Å². The molecule has 1 aromatic heterocycles. The second kappa shape index (κ2) is 7.66. The van der Waals surface area contributed by atoms with Crippen molar-refractivity contribution in [2.45, 2.75) is 6.54 Å². The van der Waals surface area contributed by atoms with Crippen molar-refractivity contribution in [2.75, 3.05) is 7.11 Å². The van der Waals surface area contributed by atoms with Gasteiger partial charge in [-0.25, -0.2) is 0 Å². The fraction of sp³-hybridized carbons (Fsp3) is 0.125. The molecule has 1 heterocycles. The Bertz CT molecular complexity index is 730. The van der Waals surface area contributed by atoms with Crippen molar-refractivity contribution in [3.05, 3.63) is 57.1 Å². The van der Waals surface area contributed by atoms with E-state index in [-0.39, 0.29) is 12.1 Å². The van der Waals surface area contributed by atoms with Gasteiger partial charge >= 0.3 is 0 Å². The summed E-state index contributed by atoms with van der Waals surface area (Å²) in [5, 5.41) is 11.8. The Labute approximate surface area is 141 Å². The monoisotopic (exact) mass is 408 g/mol. The maximum Gasteiger partial charge on any atom is 0.262 e. The number of nitriles is 1. The van der Waals surface area contributed by atoms with Gasteiger partial charge in [0.1, 0.15) is 23.2 Å². The van der Waals surface area contributed by atoms with Gasteiger partial charge in [-0.2, -0.15) is 5.26 Å². The van der Waals surface area contributed by atoms with Crippen molar-refractivity contribution in [3.8, 4) is 11.8 Å². The summed E-state index contributed by atoms with van der Waals surface area (Å²) < 4.78 is 11.2. The van der Waals surface area contributed by atoms with E-state index in [0.29, 0.717) is 5.76 Å². The normalized spacial score (nSPS) is 10.9. The van der Waals surface area contributed by atoms with E-state index in [1.807, 2.05) is 12.1 Å². The Morgan fingerprint density at radius 2 is 2.32 bits per heavy atom. The smallest absolute Gasteiger partial charge is 0.262 e. The first kappa shape index (κ1) is 16.1. The molecular weight excluding hydrogens is 395 g/mol. The third kappa shape index (κ3) is 4.11. The highest BCUT2D eigenvalue weighted by Gasteiger charge is 2.10. The topological polar surface area (TPSA) is 75.3 Å². The van der Waals surface area contributed by atoms with Crippen molar-refractivity contribution in [1.82, 2.24) is 5.32 Å². The molecule has 0 spiro atoms. The summed E-state index contributed by atoms with van der Waals surface area (Å²) >= 11 is 2.14. The molecule has 0 aliphatic heterocycles. The molecule has 112 valence electrons. The Balaban J connectivity index is 2.11. The summed E-state index contributed by atoms with van der Waals surface area (Å²) in [5.74, 6) is 0.938. The van der Waals surface area contributed by atoms with Crippen molar-refractivity contribution in [2.24, 2.45) is 0 Å². The number of furan rings is 1. The van der Waals surface area contributed by atoms with Gasteiger partial charge in [0.25, 0.3) is 5.91 Å². The van der Waals surface area contributed by atoms with Gasteiger partial charge in [-0.1, -0.05) is 6.07 Å². The van der Waals surface area contributed by atoms with E-state index in [0.717, 1.165) is 14.9 Å². The van der Waals surface area contributed by atoms with Crippen LogP contribution in [-0.2, 0) is 11.3 Å². The lowest BCUT2D eigenvalue weighted by Crippen LogP contribution is -2.23. The van der Waals surface area contributed by atoms with Gasteiger partial charge in [-0.3, -0.25) is 4.79 Å². The molecule has 1 aromatic carbocycles. The van der Waals surface area contributed by atoms with Gasteiger partial charge in [0.15, 0.2) is 0 Å². The number of carbonyl (C=O) groups excluding carboxylic acids is 1. The fourth-order valence-electron chi connectivity index (χ4n) is 1.76. The Morgan fingerprint density at radius 3 is 2.91 bits per heavy atom. The van der Waals surface area contributed by atoms with Crippen LogP contribution in [0.5, 0.6) is 5.75 Å². The fourth-order valence-corrected chi connectivity index (χ4v) is 2.52. The number of halogens is 1. The number of hydrogen-bond donors (Lipinski definition) is 1. The lowest BCUT2D eigenvalue weighted by molar-refractivity contribution is -0.117. The Morgan fingerprint density at radius 1 is 1.50 bits per heavy atom. The Hall–Kier alpha value is -2.27. The van der Waals surface area contributed by atoms with Crippen molar-refractivity contribution >= 4 is 34.6 Å². The van der Waals surface area contributed by atoms with Crippen molar-refractivity contribution in [1.29, 1.82) is 5.26 Å². The molecule has 22 heavy (non-hydrogen) atoms. The largest absolute Gasteiger partial charge is 0.496 e. The summed E-state index contributed by atoms with van der Waals surface area (Å²) in [6.07, 6.45) is 3.07. The van der Waals surface area contributed by atoms with Crippen LogP contribution in [0.4, 0.5) is 0 Å². The summed E-state index contributed by atoms with van der Waals surface area (Å²) in [6, 6.07) is 10.8. The molecule has 1 N–H and O–H groups in total. The van der Waals surface area contributed by atoms with Crippen LogP contribution in [0.2, 0.25) is 0 Å². The maximum absolute atomic E-state index is 12.0. The molecule has 2 rings (SSSR count). The summed E-state index contributed by atoms with van der Waals surface area (Å²) in [7, 11) is 1.59. The van der Waals surface area contributed by atoms with E-state index in [9.17, 15) is 4.79 Å². The van der Waals surface area contributed by atoms with E-state index >= 15 is 0 Å². The van der Waals surface area contributed by atoms with Crippen LogP contribution in [0.15, 0.2) is 46.6 Å².